The molecule has 0 bridgehead atoms. The Bertz CT molecular complexity index is 858. The molecule has 1 amide bonds. The smallest absolute Gasteiger partial charge is 0.258 e. The number of carbonyl (C=O) groups is 1. The van der Waals surface area contributed by atoms with Crippen molar-refractivity contribution < 1.29 is 14.1 Å². The van der Waals surface area contributed by atoms with Gasteiger partial charge in [0.05, 0.1) is 0 Å². The first-order chi connectivity index (χ1) is 13.1. The zero-order chi connectivity index (χ0) is 19.1. The van der Waals surface area contributed by atoms with Crippen LogP contribution >= 0.6 is 0 Å². The van der Waals surface area contributed by atoms with E-state index in [1.807, 2.05) is 42.5 Å². The van der Waals surface area contributed by atoms with Crippen molar-refractivity contribution in [3.05, 3.63) is 54.6 Å². The van der Waals surface area contributed by atoms with Crippen LogP contribution in [0.4, 0.5) is 0 Å². The van der Waals surface area contributed by atoms with Crippen LogP contribution in [-0.4, -0.2) is 29.2 Å². The van der Waals surface area contributed by atoms with Gasteiger partial charge in [0.1, 0.15) is 5.75 Å². The molecule has 6 heteroatoms. The number of nitrogens with one attached hydrogen (secondary N) is 1. The third-order valence-electron chi connectivity index (χ3n) is 3.97. The highest BCUT2D eigenvalue weighted by atomic mass is 16.5. The molecule has 1 aromatic heterocycles. The maximum atomic E-state index is 11.8. The van der Waals surface area contributed by atoms with Crippen molar-refractivity contribution in [1.29, 1.82) is 0 Å². The number of benzene rings is 2. The van der Waals surface area contributed by atoms with Crippen molar-refractivity contribution >= 4 is 5.91 Å². The summed E-state index contributed by atoms with van der Waals surface area (Å²) in [5.41, 5.74) is 1.69. The summed E-state index contributed by atoms with van der Waals surface area (Å²) in [5, 5.41) is 6.86. The van der Waals surface area contributed by atoms with Crippen molar-refractivity contribution in [1.82, 2.24) is 15.5 Å². The third-order valence-corrected chi connectivity index (χ3v) is 3.97. The molecule has 3 aromatic rings. The first-order valence-electron chi connectivity index (χ1n) is 9.01. The van der Waals surface area contributed by atoms with E-state index >= 15 is 0 Å². The average molecular weight is 365 g/mol. The number of hydrogen-bond acceptors (Lipinski definition) is 5. The summed E-state index contributed by atoms with van der Waals surface area (Å²) in [5.74, 6) is 2.03. The lowest BCUT2D eigenvalue weighted by molar-refractivity contribution is -0.123. The number of nitrogens with zero attached hydrogens (tertiary/aromatic N) is 2. The second kappa shape index (κ2) is 8.98. The van der Waals surface area contributed by atoms with Gasteiger partial charge >= 0.3 is 0 Å². The van der Waals surface area contributed by atoms with E-state index in [0.717, 1.165) is 17.5 Å². The fraction of sp³-hybridized carbons (Fsp3) is 0.286. The summed E-state index contributed by atoms with van der Waals surface area (Å²) >= 11 is 0. The van der Waals surface area contributed by atoms with Gasteiger partial charge in [0.25, 0.3) is 11.8 Å². The van der Waals surface area contributed by atoms with Crippen LogP contribution in [0.2, 0.25) is 0 Å². The van der Waals surface area contributed by atoms with E-state index in [9.17, 15) is 4.79 Å². The number of carbonyl (C=O) groups excluding carboxylic acids is 1. The van der Waals surface area contributed by atoms with Crippen molar-refractivity contribution in [2.24, 2.45) is 5.92 Å². The molecule has 0 saturated carbocycles. The Morgan fingerprint density at radius 1 is 1.07 bits per heavy atom. The normalized spacial score (nSPS) is 10.8. The molecule has 2 aromatic carbocycles. The molecule has 0 atom stereocenters. The lowest BCUT2D eigenvalue weighted by Gasteiger charge is -2.08. The van der Waals surface area contributed by atoms with Crippen LogP contribution in [-0.2, 0) is 4.79 Å². The first-order valence-corrected chi connectivity index (χ1v) is 9.01. The summed E-state index contributed by atoms with van der Waals surface area (Å²) < 4.78 is 10.9. The Labute approximate surface area is 158 Å². The monoisotopic (exact) mass is 365 g/mol. The van der Waals surface area contributed by atoms with Gasteiger partial charge in [0, 0.05) is 17.7 Å². The van der Waals surface area contributed by atoms with Crippen LogP contribution in [0.1, 0.15) is 20.3 Å². The lowest BCUT2D eigenvalue weighted by atomic mass is 10.1. The summed E-state index contributed by atoms with van der Waals surface area (Å²) in [7, 11) is 0. The maximum Gasteiger partial charge on any atom is 0.258 e. The van der Waals surface area contributed by atoms with Crippen LogP contribution in [0.25, 0.3) is 22.8 Å². The van der Waals surface area contributed by atoms with Gasteiger partial charge in [-0.3, -0.25) is 4.79 Å². The quantitative estimate of drug-likeness (QED) is 0.654. The molecular formula is C21H23N3O3. The molecule has 0 aliphatic rings. The lowest BCUT2D eigenvalue weighted by Crippen LogP contribution is -2.30. The van der Waals surface area contributed by atoms with Crippen molar-refractivity contribution in [2.75, 3.05) is 13.2 Å². The summed E-state index contributed by atoms with van der Waals surface area (Å²) in [6, 6.07) is 16.9. The van der Waals surface area contributed by atoms with Gasteiger partial charge in [-0.25, -0.2) is 0 Å². The summed E-state index contributed by atoms with van der Waals surface area (Å²) in [6.07, 6.45) is 0.954. The Balaban J connectivity index is 1.55. The first kappa shape index (κ1) is 18.6. The van der Waals surface area contributed by atoms with Crippen LogP contribution < -0.4 is 10.1 Å². The maximum absolute atomic E-state index is 11.8. The van der Waals surface area contributed by atoms with E-state index in [0.29, 0.717) is 29.9 Å². The van der Waals surface area contributed by atoms with Crippen molar-refractivity contribution in [3.8, 4) is 28.6 Å². The van der Waals surface area contributed by atoms with Gasteiger partial charge in [-0.2, -0.15) is 4.98 Å². The number of hydrogen-bond donors (Lipinski definition) is 1. The largest absolute Gasteiger partial charge is 0.484 e. The van der Waals surface area contributed by atoms with Gasteiger partial charge < -0.3 is 14.6 Å². The molecular weight excluding hydrogens is 342 g/mol. The molecule has 0 saturated heterocycles. The van der Waals surface area contributed by atoms with E-state index < -0.39 is 0 Å². The van der Waals surface area contributed by atoms with E-state index in [1.54, 1.807) is 12.1 Å². The fourth-order valence-electron chi connectivity index (χ4n) is 2.44. The average Bonchev–Trinajstić information content (AvgIpc) is 3.17. The molecule has 0 unspecified atom stereocenters. The van der Waals surface area contributed by atoms with E-state index in [1.165, 1.54) is 0 Å². The molecule has 0 aliphatic heterocycles. The second-order valence-corrected chi connectivity index (χ2v) is 6.63. The van der Waals surface area contributed by atoms with Gasteiger partial charge in [0.2, 0.25) is 5.82 Å². The van der Waals surface area contributed by atoms with E-state index in [4.69, 9.17) is 9.26 Å². The van der Waals surface area contributed by atoms with Crippen LogP contribution in [0.5, 0.6) is 5.75 Å². The van der Waals surface area contributed by atoms with Gasteiger partial charge in [-0.05, 0) is 36.6 Å². The number of rotatable bonds is 8. The topological polar surface area (TPSA) is 77.2 Å². The summed E-state index contributed by atoms with van der Waals surface area (Å²) in [6.45, 7) is 4.91. The van der Waals surface area contributed by atoms with Crippen molar-refractivity contribution in [3.63, 3.8) is 0 Å². The SMILES string of the molecule is CC(C)CCNC(=O)COc1ccc(-c2nc(-c3ccccc3)no2)cc1. The number of amides is 1. The predicted molar refractivity (Wildman–Crippen MR) is 103 cm³/mol. The molecule has 140 valence electrons. The highest BCUT2D eigenvalue weighted by molar-refractivity contribution is 5.77. The molecule has 1 N–H and O–H groups in total. The zero-order valence-corrected chi connectivity index (χ0v) is 15.5. The molecule has 0 spiro atoms. The van der Waals surface area contributed by atoms with E-state index in [2.05, 4.69) is 29.3 Å². The van der Waals surface area contributed by atoms with Crippen LogP contribution in [0.3, 0.4) is 0 Å². The molecule has 0 aliphatic carbocycles. The third kappa shape index (κ3) is 5.41. The highest BCUT2D eigenvalue weighted by Gasteiger charge is 2.10. The minimum absolute atomic E-state index is 0.00381. The zero-order valence-electron chi connectivity index (χ0n) is 15.5. The fourth-order valence-corrected chi connectivity index (χ4v) is 2.44. The Kier molecular flexibility index (Phi) is 6.20. The van der Waals surface area contributed by atoms with Crippen molar-refractivity contribution in [2.45, 2.75) is 20.3 Å². The Morgan fingerprint density at radius 2 is 1.81 bits per heavy atom. The minimum atomic E-state index is -0.121. The van der Waals surface area contributed by atoms with Gasteiger partial charge in [0.15, 0.2) is 6.61 Å². The standard InChI is InChI=1S/C21H23N3O3/c1-15(2)12-13-22-19(25)14-26-18-10-8-17(9-11-18)21-23-20(24-27-21)16-6-4-3-5-7-16/h3-11,15H,12-14H2,1-2H3,(H,22,25). The molecule has 6 nitrogen and oxygen atoms in total. The second-order valence-electron chi connectivity index (χ2n) is 6.63. The molecule has 0 fully saturated rings. The Morgan fingerprint density at radius 3 is 2.52 bits per heavy atom. The highest BCUT2D eigenvalue weighted by Crippen LogP contribution is 2.24. The van der Waals surface area contributed by atoms with Crippen LogP contribution in [0, 0.1) is 5.92 Å². The van der Waals surface area contributed by atoms with Crippen LogP contribution in [0.15, 0.2) is 59.1 Å². The van der Waals surface area contributed by atoms with Gasteiger partial charge in [-0.15, -0.1) is 0 Å². The molecule has 3 rings (SSSR count). The molecule has 27 heavy (non-hydrogen) atoms. The molecule has 0 radical (unpaired) electrons. The minimum Gasteiger partial charge on any atom is -0.484 e. The number of aromatic nitrogens is 2. The molecule has 1 heterocycles. The predicted octanol–water partition coefficient (Wildman–Crippen LogP) is 3.94. The number of ether oxygens (including phenoxy) is 1. The van der Waals surface area contributed by atoms with E-state index in [-0.39, 0.29) is 12.5 Å². The summed E-state index contributed by atoms with van der Waals surface area (Å²) in [4.78, 5) is 16.2. The van der Waals surface area contributed by atoms with Gasteiger partial charge in [-0.1, -0.05) is 49.3 Å². The Hall–Kier alpha value is -3.15.